The molecular formula is C15H26N4O2S. The average molecular weight is 326 g/mol. The number of ether oxygens (including phenoxy) is 1. The molecule has 1 aromatic rings. The number of thiazole rings is 1. The average Bonchev–Trinajstić information content (AvgIpc) is 3.17. The second-order valence-corrected chi connectivity index (χ2v) is 6.58. The highest BCUT2D eigenvalue weighted by Crippen LogP contribution is 2.31. The van der Waals surface area contributed by atoms with E-state index in [4.69, 9.17) is 4.74 Å². The first-order valence-corrected chi connectivity index (χ1v) is 8.66. The topological polar surface area (TPSA) is 78.8 Å². The summed E-state index contributed by atoms with van der Waals surface area (Å²) in [4.78, 5) is 8.78. The van der Waals surface area contributed by atoms with Gasteiger partial charge in [0.2, 0.25) is 0 Å². The summed E-state index contributed by atoms with van der Waals surface area (Å²) in [7, 11) is 1.76. The lowest BCUT2D eigenvalue weighted by Crippen LogP contribution is -2.44. The van der Waals surface area contributed by atoms with Crippen LogP contribution < -0.4 is 10.6 Å². The van der Waals surface area contributed by atoms with Crippen LogP contribution in [-0.4, -0.2) is 49.5 Å². The lowest BCUT2D eigenvalue weighted by molar-refractivity contribution is 0.127. The van der Waals surface area contributed by atoms with E-state index in [1.165, 1.54) is 0 Å². The molecule has 124 valence electrons. The Balaban J connectivity index is 1.81. The summed E-state index contributed by atoms with van der Waals surface area (Å²) < 4.78 is 5.50. The van der Waals surface area contributed by atoms with Crippen LogP contribution in [0.3, 0.4) is 0 Å². The van der Waals surface area contributed by atoms with Crippen molar-refractivity contribution < 1.29 is 9.84 Å². The number of hydrogen-bond donors (Lipinski definition) is 3. The monoisotopic (exact) mass is 326 g/mol. The van der Waals surface area contributed by atoms with Crippen molar-refractivity contribution in [2.45, 2.75) is 32.7 Å². The van der Waals surface area contributed by atoms with Gasteiger partial charge in [0.25, 0.3) is 0 Å². The first-order valence-electron chi connectivity index (χ1n) is 7.78. The molecular weight excluding hydrogens is 300 g/mol. The predicted molar refractivity (Wildman–Crippen MR) is 89.3 cm³/mol. The Kier molecular flexibility index (Phi) is 6.60. The Labute approximate surface area is 136 Å². The standard InChI is InChI=1S/C15H26N4O2S/c1-3-13-19-12(9-22-13)8-17-14(16-2)18-10-15(4-6-20)5-7-21-11-15/h9,20H,3-8,10-11H2,1-2H3,(H2,16,17,18). The van der Waals surface area contributed by atoms with Gasteiger partial charge in [-0.3, -0.25) is 4.99 Å². The van der Waals surface area contributed by atoms with Gasteiger partial charge < -0.3 is 20.5 Å². The third kappa shape index (κ3) is 4.66. The number of nitrogens with one attached hydrogen (secondary N) is 2. The predicted octanol–water partition coefficient (Wildman–Crippen LogP) is 1.16. The maximum absolute atomic E-state index is 9.26. The van der Waals surface area contributed by atoms with E-state index in [1.807, 2.05) is 0 Å². The molecule has 0 bridgehead atoms. The second-order valence-electron chi connectivity index (χ2n) is 5.64. The highest BCUT2D eigenvalue weighted by molar-refractivity contribution is 7.09. The van der Waals surface area contributed by atoms with E-state index in [9.17, 15) is 5.11 Å². The van der Waals surface area contributed by atoms with Crippen LogP contribution in [0.4, 0.5) is 0 Å². The minimum atomic E-state index is 0.0163. The van der Waals surface area contributed by atoms with Crippen molar-refractivity contribution in [3.05, 3.63) is 16.1 Å². The van der Waals surface area contributed by atoms with E-state index in [2.05, 4.69) is 32.9 Å². The molecule has 2 rings (SSSR count). The quantitative estimate of drug-likeness (QED) is 0.518. The SMILES string of the molecule is CCc1nc(CNC(=NC)NCC2(CCO)CCOC2)cs1. The zero-order valence-electron chi connectivity index (χ0n) is 13.4. The molecule has 1 saturated heterocycles. The van der Waals surface area contributed by atoms with Gasteiger partial charge in [-0.1, -0.05) is 6.92 Å². The Bertz CT molecular complexity index is 484. The molecule has 0 spiro atoms. The first kappa shape index (κ1) is 17.2. The number of nitrogens with zero attached hydrogens (tertiary/aromatic N) is 2. The maximum Gasteiger partial charge on any atom is 0.191 e. The molecule has 1 aromatic heterocycles. The van der Waals surface area contributed by atoms with Crippen molar-refractivity contribution in [3.63, 3.8) is 0 Å². The van der Waals surface area contributed by atoms with E-state index in [0.29, 0.717) is 13.2 Å². The van der Waals surface area contributed by atoms with Crippen LogP contribution in [-0.2, 0) is 17.7 Å². The van der Waals surface area contributed by atoms with Crippen LogP contribution in [0.1, 0.15) is 30.5 Å². The third-order valence-electron chi connectivity index (χ3n) is 4.02. The molecule has 1 aliphatic heterocycles. The minimum Gasteiger partial charge on any atom is -0.396 e. The minimum absolute atomic E-state index is 0.0163. The van der Waals surface area contributed by atoms with Crippen LogP contribution in [0.25, 0.3) is 0 Å². The summed E-state index contributed by atoms with van der Waals surface area (Å²) in [5.41, 5.74) is 1.06. The first-order chi connectivity index (χ1) is 10.7. The molecule has 1 atom stereocenters. The van der Waals surface area contributed by atoms with Crippen molar-refractivity contribution in [2.75, 3.05) is 33.4 Å². The molecule has 0 saturated carbocycles. The van der Waals surface area contributed by atoms with Crippen molar-refractivity contribution in [3.8, 4) is 0 Å². The molecule has 3 N–H and O–H groups in total. The fraction of sp³-hybridized carbons (Fsp3) is 0.733. The summed E-state index contributed by atoms with van der Waals surface area (Å²) >= 11 is 1.69. The van der Waals surface area contributed by atoms with Crippen molar-refractivity contribution >= 4 is 17.3 Å². The molecule has 1 unspecified atom stereocenters. The van der Waals surface area contributed by atoms with Gasteiger partial charge in [0.1, 0.15) is 0 Å². The van der Waals surface area contributed by atoms with Gasteiger partial charge in [0, 0.05) is 37.6 Å². The van der Waals surface area contributed by atoms with Crippen LogP contribution in [0.2, 0.25) is 0 Å². The highest BCUT2D eigenvalue weighted by Gasteiger charge is 2.34. The number of aliphatic hydroxyl groups excluding tert-OH is 1. The van der Waals surface area contributed by atoms with E-state index in [1.54, 1.807) is 18.4 Å². The number of rotatable bonds is 7. The molecule has 0 radical (unpaired) electrons. The summed E-state index contributed by atoms with van der Waals surface area (Å²) in [5, 5.41) is 19.1. The molecule has 0 aromatic carbocycles. The smallest absolute Gasteiger partial charge is 0.191 e. The summed E-state index contributed by atoms with van der Waals surface area (Å²) in [6.07, 6.45) is 2.70. The number of aliphatic imine (C=N–C) groups is 1. The highest BCUT2D eigenvalue weighted by atomic mass is 32.1. The number of guanidine groups is 1. The van der Waals surface area contributed by atoms with E-state index < -0.39 is 0 Å². The van der Waals surface area contributed by atoms with Gasteiger partial charge in [-0.15, -0.1) is 11.3 Å². The number of hydrogen-bond acceptors (Lipinski definition) is 5. The second kappa shape index (κ2) is 8.45. The van der Waals surface area contributed by atoms with Gasteiger partial charge >= 0.3 is 0 Å². The van der Waals surface area contributed by atoms with Gasteiger partial charge in [0.15, 0.2) is 5.96 Å². The molecule has 7 heteroatoms. The normalized spacial score (nSPS) is 22.0. The van der Waals surface area contributed by atoms with Crippen LogP contribution in [0.5, 0.6) is 0 Å². The van der Waals surface area contributed by atoms with Crippen molar-refractivity contribution in [1.82, 2.24) is 15.6 Å². The fourth-order valence-electron chi connectivity index (χ4n) is 2.57. The Morgan fingerprint density at radius 1 is 1.55 bits per heavy atom. The molecule has 0 aliphatic carbocycles. The van der Waals surface area contributed by atoms with Crippen molar-refractivity contribution in [2.24, 2.45) is 10.4 Å². The van der Waals surface area contributed by atoms with Crippen molar-refractivity contribution in [1.29, 1.82) is 0 Å². The largest absolute Gasteiger partial charge is 0.396 e. The molecule has 22 heavy (non-hydrogen) atoms. The number of aliphatic hydroxyl groups is 1. The lowest BCUT2D eigenvalue weighted by Gasteiger charge is -2.27. The molecule has 1 fully saturated rings. The van der Waals surface area contributed by atoms with Gasteiger partial charge in [-0.25, -0.2) is 4.98 Å². The Morgan fingerprint density at radius 2 is 2.41 bits per heavy atom. The summed E-state index contributed by atoms with van der Waals surface area (Å²) in [6, 6.07) is 0. The van der Waals surface area contributed by atoms with Crippen LogP contribution in [0.15, 0.2) is 10.4 Å². The molecule has 0 amide bonds. The van der Waals surface area contributed by atoms with Crippen LogP contribution in [0, 0.1) is 5.41 Å². The van der Waals surface area contributed by atoms with Gasteiger partial charge in [-0.05, 0) is 19.3 Å². The maximum atomic E-state index is 9.26. The number of aromatic nitrogens is 1. The van der Waals surface area contributed by atoms with E-state index in [-0.39, 0.29) is 12.0 Å². The zero-order valence-corrected chi connectivity index (χ0v) is 14.2. The van der Waals surface area contributed by atoms with E-state index >= 15 is 0 Å². The molecule has 6 nitrogen and oxygen atoms in total. The summed E-state index contributed by atoms with van der Waals surface area (Å²) in [5.74, 6) is 0.760. The van der Waals surface area contributed by atoms with Gasteiger partial charge in [0.05, 0.1) is 23.9 Å². The fourth-order valence-corrected chi connectivity index (χ4v) is 3.32. The van der Waals surface area contributed by atoms with Crippen LogP contribution >= 0.6 is 11.3 Å². The summed E-state index contributed by atoms with van der Waals surface area (Å²) in [6.45, 7) is 5.19. The number of aryl methyl sites for hydroxylation is 1. The Morgan fingerprint density at radius 3 is 3.00 bits per heavy atom. The zero-order chi connectivity index (χ0) is 15.8. The molecule has 2 heterocycles. The lowest BCUT2D eigenvalue weighted by atomic mass is 9.84. The van der Waals surface area contributed by atoms with E-state index in [0.717, 1.165) is 49.1 Å². The van der Waals surface area contributed by atoms with Gasteiger partial charge in [-0.2, -0.15) is 0 Å². The molecule has 1 aliphatic rings. The Hall–Kier alpha value is -1.18. The third-order valence-corrected chi connectivity index (χ3v) is 5.06.